The van der Waals surface area contributed by atoms with E-state index in [-0.39, 0.29) is 29.4 Å². The lowest BCUT2D eigenvalue weighted by molar-refractivity contribution is -0.120. The molecule has 0 bridgehead atoms. The summed E-state index contributed by atoms with van der Waals surface area (Å²) in [5.41, 5.74) is 2.62. The molecule has 1 aromatic heterocycles. The monoisotopic (exact) mass is 300 g/mol. The maximum absolute atomic E-state index is 11.8. The van der Waals surface area contributed by atoms with Crippen LogP contribution in [-0.4, -0.2) is 16.7 Å². The van der Waals surface area contributed by atoms with Crippen molar-refractivity contribution in [3.63, 3.8) is 0 Å². The lowest BCUT2D eigenvalue weighted by Crippen LogP contribution is -2.23. The molecule has 22 heavy (non-hydrogen) atoms. The third kappa shape index (κ3) is 3.82. The van der Waals surface area contributed by atoms with E-state index in [4.69, 9.17) is 4.42 Å². The van der Waals surface area contributed by atoms with E-state index < -0.39 is 5.63 Å². The molecule has 6 heteroatoms. The van der Waals surface area contributed by atoms with Crippen LogP contribution in [0.5, 0.6) is 5.75 Å². The molecular formula is C16H16N2O4. The van der Waals surface area contributed by atoms with Crippen LogP contribution in [0, 0.1) is 6.92 Å². The largest absolute Gasteiger partial charge is 0.507 e. The van der Waals surface area contributed by atoms with Gasteiger partial charge < -0.3 is 9.52 Å². The first kappa shape index (κ1) is 15.5. The number of aromatic hydroxyl groups is 1. The number of hydrogen-bond acceptors (Lipinski definition) is 5. The van der Waals surface area contributed by atoms with Gasteiger partial charge in [0.2, 0.25) is 5.91 Å². The summed E-state index contributed by atoms with van der Waals surface area (Å²) in [5.74, 6) is -0.249. The van der Waals surface area contributed by atoms with E-state index in [1.807, 2.05) is 30.3 Å². The molecule has 1 amide bonds. The first-order chi connectivity index (χ1) is 10.5. The summed E-state index contributed by atoms with van der Waals surface area (Å²) < 4.78 is 4.90. The highest BCUT2D eigenvalue weighted by Gasteiger charge is 2.13. The number of hydrazone groups is 1. The molecule has 0 aliphatic heterocycles. The summed E-state index contributed by atoms with van der Waals surface area (Å²) in [7, 11) is 0. The Labute approximate surface area is 127 Å². The lowest BCUT2D eigenvalue weighted by atomic mass is 10.1. The highest BCUT2D eigenvalue weighted by Crippen LogP contribution is 2.15. The summed E-state index contributed by atoms with van der Waals surface area (Å²) in [6.45, 7) is 3.06. The van der Waals surface area contributed by atoms with Gasteiger partial charge >= 0.3 is 5.63 Å². The van der Waals surface area contributed by atoms with Crippen molar-refractivity contribution in [3.8, 4) is 5.75 Å². The Morgan fingerprint density at radius 1 is 1.32 bits per heavy atom. The molecule has 6 nitrogen and oxygen atoms in total. The normalized spacial score (nSPS) is 11.3. The number of rotatable bonds is 4. The topological polar surface area (TPSA) is 91.9 Å². The van der Waals surface area contributed by atoms with Gasteiger partial charge in [-0.2, -0.15) is 5.10 Å². The lowest BCUT2D eigenvalue weighted by Gasteiger charge is -2.04. The minimum absolute atomic E-state index is 0.0642. The van der Waals surface area contributed by atoms with Crippen molar-refractivity contribution >= 4 is 11.6 Å². The number of carbonyl (C=O) groups excluding carboxylic acids is 1. The number of amides is 1. The van der Waals surface area contributed by atoms with Crippen LogP contribution in [0.1, 0.15) is 23.8 Å². The maximum atomic E-state index is 11.8. The zero-order valence-electron chi connectivity index (χ0n) is 12.3. The molecule has 0 atom stereocenters. The summed E-state index contributed by atoms with van der Waals surface area (Å²) in [4.78, 5) is 23.5. The Morgan fingerprint density at radius 3 is 2.64 bits per heavy atom. The number of nitrogens with one attached hydrogen (secondary N) is 1. The van der Waals surface area contributed by atoms with Crippen molar-refractivity contribution < 1.29 is 14.3 Å². The van der Waals surface area contributed by atoms with E-state index in [1.165, 1.54) is 13.0 Å². The average molecular weight is 300 g/mol. The molecule has 0 spiro atoms. The standard InChI is InChI=1S/C16H16N2O4/c1-10-8-13(19)15(16(21)22-10)11(2)17-18-14(20)9-12-6-4-3-5-7-12/h3-8,19H,9H2,1-2H3,(H,18,20). The van der Waals surface area contributed by atoms with Gasteiger partial charge in [-0.3, -0.25) is 4.79 Å². The van der Waals surface area contributed by atoms with E-state index in [9.17, 15) is 14.7 Å². The summed E-state index contributed by atoms with van der Waals surface area (Å²) in [6, 6.07) is 10.5. The molecule has 0 saturated heterocycles. The van der Waals surface area contributed by atoms with Gasteiger partial charge in [-0.1, -0.05) is 30.3 Å². The number of nitrogens with zero attached hydrogens (tertiary/aromatic N) is 1. The fraction of sp³-hybridized carbons (Fsp3) is 0.188. The van der Waals surface area contributed by atoms with Crippen LogP contribution in [0.2, 0.25) is 0 Å². The third-order valence-corrected chi connectivity index (χ3v) is 2.97. The van der Waals surface area contributed by atoms with Gasteiger partial charge in [-0.25, -0.2) is 10.2 Å². The highest BCUT2D eigenvalue weighted by atomic mass is 16.4. The fourth-order valence-corrected chi connectivity index (χ4v) is 1.95. The second kappa shape index (κ2) is 6.71. The summed E-state index contributed by atoms with van der Waals surface area (Å²) >= 11 is 0. The first-order valence-electron chi connectivity index (χ1n) is 6.68. The van der Waals surface area contributed by atoms with E-state index in [1.54, 1.807) is 6.92 Å². The number of aryl methyl sites for hydroxylation is 1. The van der Waals surface area contributed by atoms with E-state index >= 15 is 0 Å². The van der Waals surface area contributed by atoms with Crippen LogP contribution in [0.4, 0.5) is 0 Å². The van der Waals surface area contributed by atoms with Crippen molar-refractivity contribution in [2.45, 2.75) is 20.3 Å². The Kier molecular flexibility index (Phi) is 4.73. The molecule has 1 aromatic carbocycles. The van der Waals surface area contributed by atoms with Gasteiger partial charge in [0.05, 0.1) is 12.1 Å². The van der Waals surface area contributed by atoms with Crippen LogP contribution < -0.4 is 11.1 Å². The third-order valence-electron chi connectivity index (χ3n) is 2.97. The van der Waals surface area contributed by atoms with Gasteiger partial charge in [-0.05, 0) is 19.4 Å². The maximum Gasteiger partial charge on any atom is 0.348 e. The van der Waals surface area contributed by atoms with E-state index in [2.05, 4.69) is 10.5 Å². The Bertz CT molecular complexity index is 763. The van der Waals surface area contributed by atoms with Crippen molar-refractivity contribution in [2.24, 2.45) is 5.10 Å². The van der Waals surface area contributed by atoms with Gasteiger partial charge in [0, 0.05) is 6.07 Å². The minimum atomic E-state index is -0.698. The molecule has 2 N–H and O–H groups in total. The predicted octanol–water partition coefficient (Wildman–Crippen LogP) is 1.74. The smallest absolute Gasteiger partial charge is 0.348 e. The minimum Gasteiger partial charge on any atom is -0.507 e. The highest BCUT2D eigenvalue weighted by molar-refractivity contribution is 6.01. The van der Waals surface area contributed by atoms with Gasteiger partial charge in [0.15, 0.2) is 0 Å². The summed E-state index contributed by atoms with van der Waals surface area (Å²) in [6.07, 6.45) is 0.173. The van der Waals surface area contributed by atoms with Gasteiger partial charge in [0.25, 0.3) is 0 Å². The molecule has 1 heterocycles. The van der Waals surface area contributed by atoms with Crippen LogP contribution in [0.3, 0.4) is 0 Å². The van der Waals surface area contributed by atoms with E-state index in [0.29, 0.717) is 5.76 Å². The number of benzene rings is 1. The van der Waals surface area contributed by atoms with Crippen molar-refractivity contribution in [2.75, 3.05) is 0 Å². The predicted molar refractivity (Wildman–Crippen MR) is 81.9 cm³/mol. The van der Waals surface area contributed by atoms with Crippen molar-refractivity contribution in [1.82, 2.24) is 5.43 Å². The van der Waals surface area contributed by atoms with Gasteiger partial charge in [0.1, 0.15) is 17.1 Å². The quantitative estimate of drug-likeness (QED) is 0.664. The molecule has 2 rings (SSSR count). The second-order valence-corrected chi connectivity index (χ2v) is 4.80. The Morgan fingerprint density at radius 2 is 2.00 bits per heavy atom. The van der Waals surface area contributed by atoms with Crippen LogP contribution in [-0.2, 0) is 11.2 Å². The molecule has 0 unspecified atom stereocenters. The molecular weight excluding hydrogens is 284 g/mol. The number of hydrogen-bond donors (Lipinski definition) is 2. The van der Waals surface area contributed by atoms with Crippen LogP contribution in [0.25, 0.3) is 0 Å². The first-order valence-corrected chi connectivity index (χ1v) is 6.68. The SMILES string of the molecule is CC(=NNC(=O)Cc1ccccc1)c1c(O)cc(C)oc1=O. The van der Waals surface area contributed by atoms with Crippen molar-refractivity contribution in [3.05, 3.63) is 63.7 Å². The second-order valence-electron chi connectivity index (χ2n) is 4.80. The zero-order chi connectivity index (χ0) is 16.1. The van der Waals surface area contributed by atoms with Crippen LogP contribution >= 0.6 is 0 Å². The van der Waals surface area contributed by atoms with E-state index in [0.717, 1.165) is 5.56 Å². The average Bonchev–Trinajstić information content (AvgIpc) is 2.45. The molecule has 2 aromatic rings. The molecule has 0 radical (unpaired) electrons. The summed E-state index contributed by atoms with van der Waals surface area (Å²) in [5, 5.41) is 13.6. The molecule has 0 fully saturated rings. The molecule has 0 aliphatic carbocycles. The van der Waals surface area contributed by atoms with Gasteiger partial charge in [-0.15, -0.1) is 0 Å². The molecule has 0 saturated carbocycles. The molecule has 0 aliphatic rings. The van der Waals surface area contributed by atoms with Crippen LogP contribution in [0.15, 0.2) is 50.7 Å². The fourth-order valence-electron chi connectivity index (χ4n) is 1.95. The Hall–Kier alpha value is -2.89. The zero-order valence-corrected chi connectivity index (χ0v) is 12.3. The molecule has 114 valence electrons. The number of carbonyl (C=O) groups is 1. The Balaban J connectivity index is 2.10. The van der Waals surface area contributed by atoms with Crippen molar-refractivity contribution in [1.29, 1.82) is 0 Å².